The van der Waals surface area contributed by atoms with Gasteiger partial charge in [0.1, 0.15) is 23.1 Å². The van der Waals surface area contributed by atoms with E-state index in [1.807, 2.05) is 77.7 Å². The Morgan fingerprint density at radius 1 is 0.952 bits per heavy atom. The molecule has 2 aliphatic heterocycles. The Morgan fingerprint density at radius 3 is 2.21 bits per heavy atom. The Labute approximate surface area is 250 Å². The number of nitrogens with one attached hydrogen (secondary N) is 1. The highest BCUT2D eigenvalue weighted by Crippen LogP contribution is 2.41. The number of ether oxygens (including phenoxy) is 2. The van der Waals surface area contributed by atoms with Crippen molar-refractivity contribution >= 4 is 44.5 Å². The average molecular weight is 608 g/mol. The fraction of sp³-hybridized carbons (Fsp3) is 0.323. The molecule has 2 aliphatic rings. The lowest BCUT2D eigenvalue weighted by Crippen LogP contribution is -2.45. The quantitative estimate of drug-likeness (QED) is 0.389. The smallest absolute Gasteiger partial charge is 0.408 e. The van der Waals surface area contributed by atoms with Gasteiger partial charge in [0.2, 0.25) is 0 Å². The minimum Gasteiger partial charge on any atom is -0.457 e. The third-order valence-corrected chi connectivity index (χ3v) is 9.85. The van der Waals surface area contributed by atoms with Crippen molar-refractivity contribution in [2.24, 2.45) is 4.99 Å². The van der Waals surface area contributed by atoms with E-state index in [0.717, 1.165) is 5.56 Å². The van der Waals surface area contributed by atoms with E-state index < -0.39 is 33.5 Å². The van der Waals surface area contributed by atoms with Crippen LogP contribution < -0.4 is 15.0 Å². The van der Waals surface area contributed by atoms with Crippen molar-refractivity contribution in [3.63, 3.8) is 0 Å². The lowest BCUT2D eigenvalue weighted by atomic mass is 10.1. The first kappa shape index (κ1) is 29.7. The van der Waals surface area contributed by atoms with Crippen LogP contribution in [0.15, 0.2) is 89.9 Å². The first-order chi connectivity index (χ1) is 20.0. The molecule has 3 atom stereocenters. The lowest BCUT2D eigenvalue weighted by Gasteiger charge is -2.25. The molecule has 42 heavy (non-hydrogen) atoms. The molecule has 2 saturated heterocycles. The topological polar surface area (TPSA) is 114 Å². The first-order valence-corrected chi connectivity index (χ1v) is 16.3. The fourth-order valence-electron chi connectivity index (χ4n) is 4.84. The van der Waals surface area contributed by atoms with Crippen molar-refractivity contribution < 1.29 is 27.5 Å². The summed E-state index contributed by atoms with van der Waals surface area (Å²) in [7, 11) is -3.24. The highest BCUT2D eigenvalue weighted by molar-refractivity contribution is 8.16. The van der Waals surface area contributed by atoms with E-state index >= 15 is 0 Å². The molecule has 11 heteroatoms. The Balaban J connectivity index is 1.42. The van der Waals surface area contributed by atoms with Gasteiger partial charge < -0.3 is 19.7 Å². The van der Waals surface area contributed by atoms with Gasteiger partial charge in [-0.15, -0.1) is 0 Å². The maximum Gasteiger partial charge on any atom is 0.408 e. The van der Waals surface area contributed by atoms with E-state index in [9.17, 15) is 18.0 Å². The van der Waals surface area contributed by atoms with Gasteiger partial charge in [-0.3, -0.25) is 4.79 Å². The van der Waals surface area contributed by atoms with Gasteiger partial charge in [-0.2, -0.15) is 4.99 Å². The largest absolute Gasteiger partial charge is 0.457 e. The second-order valence-electron chi connectivity index (χ2n) is 11.2. The number of amidine groups is 1. The van der Waals surface area contributed by atoms with Crippen molar-refractivity contribution in [1.82, 2.24) is 5.32 Å². The Hall–Kier alpha value is -3.83. The second-order valence-corrected chi connectivity index (χ2v) is 14.6. The summed E-state index contributed by atoms with van der Waals surface area (Å²) in [5.74, 6) is 0.725. The third kappa shape index (κ3) is 7.51. The monoisotopic (exact) mass is 607 g/mol. The van der Waals surface area contributed by atoms with Crippen LogP contribution in [0.1, 0.15) is 26.3 Å². The molecule has 220 valence electrons. The predicted octanol–water partition coefficient (Wildman–Crippen LogP) is 5.22. The summed E-state index contributed by atoms with van der Waals surface area (Å²) in [5.41, 5.74) is 0.798. The van der Waals surface area contributed by atoms with E-state index in [0.29, 0.717) is 22.4 Å². The number of aliphatic imine (C=N–C) groups is 1. The van der Waals surface area contributed by atoms with Gasteiger partial charge in [0.05, 0.1) is 17.5 Å². The van der Waals surface area contributed by atoms with Gasteiger partial charge in [-0.1, -0.05) is 60.3 Å². The lowest BCUT2D eigenvalue weighted by molar-refractivity contribution is -0.119. The molecule has 3 aromatic rings. The minimum atomic E-state index is -3.24. The van der Waals surface area contributed by atoms with Crippen LogP contribution >= 0.6 is 11.8 Å². The van der Waals surface area contributed by atoms with E-state index in [1.165, 1.54) is 11.8 Å². The van der Waals surface area contributed by atoms with Crippen LogP contribution in [0.3, 0.4) is 0 Å². The summed E-state index contributed by atoms with van der Waals surface area (Å²) in [6.45, 7) is 5.24. The van der Waals surface area contributed by atoms with Crippen LogP contribution in [0.25, 0.3) is 0 Å². The fourth-order valence-corrected chi connectivity index (χ4v) is 8.76. The zero-order chi connectivity index (χ0) is 29.9. The van der Waals surface area contributed by atoms with Gasteiger partial charge in [0.15, 0.2) is 15.0 Å². The van der Waals surface area contributed by atoms with Crippen LogP contribution in [-0.2, 0) is 25.8 Å². The number of sulfone groups is 1. The van der Waals surface area contributed by atoms with Gasteiger partial charge >= 0.3 is 6.09 Å². The molecular formula is C31H33N3O6S2. The normalized spacial score (nSPS) is 21.0. The van der Waals surface area contributed by atoms with Crippen LogP contribution in [-0.4, -0.2) is 60.0 Å². The molecule has 0 aromatic heterocycles. The molecule has 2 amide bonds. The summed E-state index contributed by atoms with van der Waals surface area (Å²) < 4.78 is 36.4. The van der Waals surface area contributed by atoms with Crippen molar-refractivity contribution in [2.45, 2.75) is 50.1 Å². The standard InChI is InChI=1S/C31H33N3O6S2/c1-31(2,3)40-30(36)32-25(18-21-10-6-4-7-11-21)28(35)33-29-34(26-19-42(37,38)20-27(26)41-29)22-14-16-24(17-15-22)39-23-12-8-5-9-13-23/h4-17,25-27H,18-20H2,1-3H3,(H,32,36)/t25-,26-,27+/m1/s1. The molecule has 0 radical (unpaired) electrons. The molecule has 0 spiro atoms. The zero-order valence-corrected chi connectivity index (χ0v) is 25.2. The van der Waals surface area contributed by atoms with Gasteiger partial charge in [0.25, 0.3) is 5.91 Å². The number of thioether (sulfide) groups is 1. The zero-order valence-electron chi connectivity index (χ0n) is 23.6. The number of amides is 2. The molecule has 5 rings (SSSR count). The van der Waals surface area contributed by atoms with Crippen LogP contribution in [0.4, 0.5) is 10.5 Å². The minimum absolute atomic E-state index is 0.00481. The number of fused-ring (bicyclic) bond motifs is 1. The molecule has 2 fully saturated rings. The van der Waals surface area contributed by atoms with Gasteiger partial charge in [-0.05, 0) is 62.7 Å². The Morgan fingerprint density at radius 2 is 1.57 bits per heavy atom. The van der Waals surface area contributed by atoms with Crippen molar-refractivity contribution in [2.75, 3.05) is 16.4 Å². The summed E-state index contributed by atoms with van der Waals surface area (Å²) in [6.07, 6.45) is -0.502. The summed E-state index contributed by atoms with van der Waals surface area (Å²) in [6, 6.07) is 24.6. The summed E-state index contributed by atoms with van der Waals surface area (Å²) >= 11 is 1.27. The maximum atomic E-state index is 13.6. The SMILES string of the molecule is CC(C)(C)OC(=O)N[C@H](Cc1ccccc1)C(=O)N=C1S[C@H]2CS(=O)(=O)C[C@H]2N1c1ccc(Oc2ccccc2)cc1. The van der Waals surface area contributed by atoms with E-state index in [2.05, 4.69) is 10.3 Å². The Bertz CT molecular complexity index is 1560. The predicted molar refractivity (Wildman–Crippen MR) is 165 cm³/mol. The number of rotatable bonds is 7. The van der Waals surface area contributed by atoms with Gasteiger partial charge in [-0.25, -0.2) is 13.2 Å². The summed E-state index contributed by atoms with van der Waals surface area (Å²) in [5, 5.41) is 2.81. The van der Waals surface area contributed by atoms with Crippen LogP contribution in [0.2, 0.25) is 0 Å². The summed E-state index contributed by atoms with van der Waals surface area (Å²) in [4.78, 5) is 32.6. The second kappa shape index (κ2) is 12.2. The van der Waals surface area contributed by atoms with E-state index in [1.54, 1.807) is 32.9 Å². The number of para-hydroxylation sites is 1. The van der Waals surface area contributed by atoms with E-state index in [4.69, 9.17) is 9.47 Å². The highest BCUT2D eigenvalue weighted by atomic mass is 32.2. The molecule has 0 saturated carbocycles. The number of hydrogen-bond donors (Lipinski definition) is 1. The number of carbonyl (C=O) groups is 2. The Kier molecular flexibility index (Phi) is 8.60. The number of nitrogens with zero attached hydrogens (tertiary/aromatic N) is 2. The van der Waals surface area contributed by atoms with Crippen molar-refractivity contribution in [3.05, 3.63) is 90.5 Å². The number of hydrogen-bond acceptors (Lipinski definition) is 7. The molecule has 0 aliphatic carbocycles. The van der Waals surface area contributed by atoms with Gasteiger partial charge in [0, 0.05) is 17.4 Å². The molecule has 3 aromatic carbocycles. The average Bonchev–Trinajstić information content (AvgIpc) is 3.39. The number of anilines is 1. The number of carbonyl (C=O) groups excluding carboxylic acids is 2. The van der Waals surface area contributed by atoms with Crippen molar-refractivity contribution in [3.8, 4) is 11.5 Å². The molecule has 2 heterocycles. The molecule has 1 N–H and O–H groups in total. The molecular weight excluding hydrogens is 574 g/mol. The number of benzene rings is 3. The van der Waals surface area contributed by atoms with Crippen molar-refractivity contribution in [1.29, 1.82) is 0 Å². The molecule has 0 unspecified atom stereocenters. The van der Waals surface area contributed by atoms with Crippen LogP contribution in [0, 0.1) is 0 Å². The molecule has 0 bridgehead atoms. The third-order valence-electron chi connectivity index (χ3n) is 6.64. The molecule has 9 nitrogen and oxygen atoms in total. The highest BCUT2D eigenvalue weighted by Gasteiger charge is 2.49. The maximum absolute atomic E-state index is 13.6. The first-order valence-electron chi connectivity index (χ1n) is 13.6. The number of alkyl carbamates (subject to hydrolysis) is 1. The van der Waals surface area contributed by atoms with Crippen LogP contribution in [0.5, 0.6) is 11.5 Å². The van der Waals surface area contributed by atoms with E-state index in [-0.39, 0.29) is 29.2 Å².